The minimum atomic E-state index is -0.0378. The van der Waals surface area contributed by atoms with Crippen molar-refractivity contribution in [2.75, 3.05) is 5.32 Å². The summed E-state index contributed by atoms with van der Waals surface area (Å²) in [6, 6.07) is 15.5. The van der Waals surface area contributed by atoms with Crippen molar-refractivity contribution >= 4 is 11.6 Å². The molecule has 110 valence electrons. The molecule has 1 amide bonds. The number of rotatable bonds is 3. The van der Waals surface area contributed by atoms with Crippen LogP contribution >= 0.6 is 0 Å². The Morgan fingerprint density at radius 1 is 1.00 bits per heavy atom. The fraction of sp³-hybridized carbons (Fsp3) is 0.316. The van der Waals surface area contributed by atoms with E-state index in [0.717, 1.165) is 23.2 Å². The third-order valence-corrected chi connectivity index (χ3v) is 3.39. The number of benzene rings is 2. The van der Waals surface area contributed by atoms with E-state index in [1.54, 1.807) is 0 Å². The van der Waals surface area contributed by atoms with E-state index in [1.165, 1.54) is 5.56 Å². The van der Waals surface area contributed by atoms with Crippen LogP contribution in [0.15, 0.2) is 48.5 Å². The lowest BCUT2D eigenvalue weighted by Crippen LogP contribution is -2.18. The lowest BCUT2D eigenvalue weighted by Gasteiger charge is -2.22. The van der Waals surface area contributed by atoms with Crippen LogP contribution in [0.5, 0.6) is 0 Å². The summed E-state index contributed by atoms with van der Waals surface area (Å²) >= 11 is 0. The van der Waals surface area contributed by atoms with E-state index < -0.39 is 0 Å². The molecule has 0 saturated carbocycles. The van der Waals surface area contributed by atoms with Gasteiger partial charge in [0, 0.05) is 11.3 Å². The molecule has 0 aliphatic heterocycles. The smallest absolute Gasteiger partial charge is 0.255 e. The topological polar surface area (TPSA) is 29.1 Å². The highest BCUT2D eigenvalue weighted by Crippen LogP contribution is 2.26. The highest BCUT2D eigenvalue weighted by atomic mass is 16.1. The van der Waals surface area contributed by atoms with Crippen molar-refractivity contribution in [1.82, 2.24) is 0 Å². The summed E-state index contributed by atoms with van der Waals surface area (Å²) in [6.45, 7) is 8.65. The van der Waals surface area contributed by atoms with Crippen LogP contribution in [0.1, 0.15) is 42.3 Å². The molecule has 0 unspecified atom stereocenters. The maximum absolute atomic E-state index is 12.6. The summed E-state index contributed by atoms with van der Waals surface area (Å²) in [5.41, 5.74) is 4.05. The minimum absolute atomic E-state index is 0.0378. The summed E-state index contributed by atoms with van der Waals surface area (Å²) < 4.78 is 0. The van der Waals surface area contributed by atoms with Crippen molar-refractivity contribution in [3.63, 3.8) is 0 Å². The summed E-state index contributed by atoms with van der Waals surface area (Å²) in [4.78, 5) is 12.6. The van der Waals surface area contributed by atoms with Crippen LogP contribution in [0, 0.1) is 12.3 Å². The lowest BCUT2D eigenvalue weighted by atomic mass is 9.84. The van der Waals surface area contributed by atoms with Gasteiger partial charge in [-0.2, -0.15) is 0 Å². The third-order valence-electron chi connectivity index (χ3n) is 3.39. The predicted octanol–water partition coefficient (Wildman–Crippen LogP) is 4.84. The molecule has 1 N–H and O–H groups in total. The van der Waals surface area contributed by atoms with E-state index in [4.69, 9.17) is 0 Å². The number of anilines is 1. The van der Waals surface area contributed by atoms with Gasteiger partial charge < -0.3 is 5.32 Å². The number of amides is 1. The van der Waals surface area contributed by atoms with Gasteiger partial charge in [-0.25, -0.2) is 0 Å². The van der Waals surface area contributed by atoms with E-state index in [2.05, 4.69) is 39.1 Å². The molecule has 0 aliphatic rings. The molecule has 21 heavy (non-hydrogen) atoms. The SMILES string of the molecule is Cc1cccc(C(=O)Nc2ccccc2)c1CC(C)(C)C. The van der Waals surface area contributed by atoms with E-state index in [-0.39, 0.29) is 11.3 Å². The van der Waals surface area contributed by atoms with E-state index >= 15 is 0 Å². The zero-order valence-electron chi connectivity index (χ0n) is 13.2. The van der Waals surface area contributed by atoms with Crippen molar-refractivity contribution in [3.05, 3.63) is 65.2 Å². The van der Waals surface area contributed by atoms with Gasteiger partial charge in [0.2, 0.25) is 0 Å². The van der Waals surface area contributed by atoms with Crippen LogP contribution in [-0.2, 0) is 6.42 Å². The molecule has 2 heteroatoms. The number of hydrogen-bond acceptors (Lipinski definition) is 1. The average molecular weight is 281 g/mol. The highest BCUT2D eigenvalue weighted by Gasteiger charge is 2.19. The Kier molecular flexibility index (Phi) is 4.46. The summed E-state index contributed by atoms with van der Waals surface area (Å²) in [5.74, 6) is -0.0378. The Hall–Kier alpha value is -2.09. The van der Waals surface area contributed by atoms with Gasteiger partial charge in [0.15, 0.2) is 0 Å². The van der Waals surface area contributed by atoms with Crippen LogP contribution in [0.4, 0.5) is 5.69 Å². The summed E-state index contributed by atoms with van der Waals surface area (Å²) in [5, 5.41) is 2.97. The van der Waals surface area contributed by atoms with Gasteiger partial charge in [0.1, 0.15) is 0 Å². The van der Waals surface area contributed by atoms with Gasteiger partial charge in [0.05, 0.1) is 0 Å². The number of carbonyl (C=O) groups is 1. The fourth-order valence-electron chi connectivity index (χ4n) is 2.40. The lowest BCUT2D eigenvalue weighted by molar-refractivity contribution is 0.102. The Bertz CT molecular complexity index is 624. The third kappa shape index (κ3) is 4.19. The summed E-state index contributed by atoms with van der Waals surface area (Å²) in [6.07, 6.45) is 0.886. The normalized spacial score (nSPS) is 11.2. The van der Waals surface area contributed by atoms with Gasteiger partial charge in [-0.05, 0) is 48.1 Å². The largest absolute Gasteiger partial charge is 0.322 e. The van der Waals surface area contributed by atoms with Crippen LogP contribution in [0.2, 0.25) is 0 Å². The number of nitrogens with one attached hydrogen (secondary N) is 1. The molecule has 0 spiro atoms. The molecule has 0 aliphatic carbocycles. The molecule has 0 fully saturated rings. The number of hydrogen-bond donors (Lipinski definition) is 1. The number of carbonyl (C=O) groups excluding carboxylic acids is 1. The van der Waals surface area contributed by atoms with Crippen molar-refractivity contribution in [2.24, 2.45) is 5.41 Å². The zero-order valence-corrected chi connectivity index (χ0v) is 13.2. The van der Waals surface area contributed by atoms with Crippen LogP contribution < -0.4 is 5.32 Å². The first-order chi connectivity index (χ1) is 9.87. The van der Waals surface area contributed by atoms with Crippen molar-refractivity contribution < 1.29 is 4.79 Å². The second-order valence-electron chi connectivity index (χ2n) is 6.66. The van der Waals surface area contributed by atoms with Crippen LogP contribution in [0.3, 0.4) is 0 Å². The Morgan fingerprint density at radius 3 is 2.29 bits per heavy atom. The van der Waals surface area contributed by atoms with Crippen molar-refractivity contribution in [1.29, 1.82) is 0 Å². The molecule has 0 atom stereocenters. The summed E-state index contributed by atoms with van der Waals surface area (Å²) in [7, 11) is 0. The first-order valence-corrected chi connectivity index (χ1v) is 7.32. The molecular formula is C19H23NO. The molecule has 2 rings (SSSR count). The molecule has 0 radical (unpaired) electrons. The molecule has 0 bridgehead atoms. The molecule has 2 nitrogen and oxygen atoms in total. The first kappa shape index (κ1) is 15.3. The Morgan fingerprint density at radius 2 is 1.67 bits per heavy atom. The maximum Gasteiger partial charge on any atom is 0.255 e. The van der Waals surface area contributed by atoms with Crippen molar-refractivity contribution in [2.45, 2.75) is 34.1 Å². The number of aryl methyl sites for hydroxylation is 1. The van der Waals surface area contributed by atoms with E-state index in [1.807, 2.05) is 42.5 Å². The first-order valence-electron chi connectivity index (χ1n) is 7.32. The minimum Gasteiger partial charge on any atom is -0.322 e. The second-order valence-corrected chi connectivity index (χ2v) is 6.66. The van der Waals surface area contributed by atoms with Gasteiger partial charge in [0.25, 0.3) is 5.91 Å². The van der Waals surface area contributed by atoms with Gasteiger partial charge in [-0.15, -0.1) is 0 Å². The van der Waals surface area contributed by atoms with Crippen LogP contribution in [-0.4, -0.2) is 5.91 Å². The predicted molar refractivity (Wildman–Crippen MR) is 88.7 cm³/mol. The quantitative estimate of drug-likeness (QED) is 0.857. The van der Waals surface area contributed by atoms with Gasteiger partial charge >= 0.3 is 0 Å². The molecule has 2 aromatic rings. The molecule has 0 saturated heterocycles. The number of para-hydroxylation sites is 1. The fourth-order valence-corrected chi connectivity index (χ4v) is 2.40. The van der Waals surface area contributed by atoms with Gasteiger partial charge in [-0.1, -0.05) is 51.1 Å². The van der Waals surface area contributed by atoms with Crippen LogP contribution in [0.25, 0.3) is 0 Å². The monoisotopic (exact) mass is 281 g/mol. The molecule has 0 heterocycles. The Balaban J connectivity index is 2.31. The molecule has 0 aromatic heterocycles. The average Bonchev–Trinajstić information content (AvgIpc) is 2.40. The highest BCUT2D eigenvalue weighted by molar-refractivity contribution is 6.05. The van der Waals surface area contributed by atoms with Crippen molar-refractivity contribution in [3.8, 4) is 0 Å². The second kappa shape index (κ2) is 6.13. The van der Waals surface area contributed by atoms with E-state index in [0.29, 0.717) is 0 Å². The molecular weight excluding hydrogens is 258 g/mol. The maximum atomic E-state index is 12.6. The van der Waals surface area contributed by atoms with E-state index in [9.17, 15) is 4.79 Å². The van der Waals surface area contributed by atoms with Gasteiger partial charge in [-0.3, -0.25) is 4.79 Å². The standard InChI is InChI=1S/C19H23NO/c1-14-9-8-12-16(17(14)13-19(2,3)4)18(21)20-15-10-6-5-7-11-15/h5-12H,13H2,1-4H3,(H,20,21). The Labute approximate surface area is 127 Å². The molecule has 2 aromatic carbocycles. The zero-order chi connectivity index (χ0) is 15.5.